The summed E-state index contributed by atoms with van der Waals surface area (Å²) >= 11 is 0. The summed E-state index contributed by atoms with van der Waals surface area (Å²) in [5.74, 6) is 0.634. The van der Waals surface area contributed by atoms with Crippen LogP contribution in [0.2, 0.25) is 0 Å². The lowest BCUT2D eigenvalue weighted by molar-refractivity contribution is 0.1000. The van der Waals surface area contributed by atoms with Crippen LogP contribution in [-0.2, 0) is 13.1 Å². The first-order valence-electron chi connectivity index (χ1n) is 13.9. The van der Waals surface area contributed by atoms with Crippen molar-refractivity contribution in [3.05, 3.63) is 102 Å². The number of hydrogen-bond donors (Lipinski definition) is 1. The van der Waals surface area contributed by atoms with Gasteiger partial charge in [0.1, 0.15) is 5.82 Å². The molecule has 0 aliphatic rings. The number of carbonyl (C=O) groups is 1. The van der Waals surface area contributed by atoms with Gasteiger partial charge in [0.05, 0.1) is 11.4 Å². The van der Waals surface area contributed by atoms with Gasteiger partial charge in [0, 0.05) is 35.8 Å². The fourth-order valence-electron chi connectivity index (χ4n) is 5.00. The standard InChI is InChI=1S/C33H40N4O/c1-4-6-22-36(24-26-18-20-28(21-19-26)32(34)38)25(3)31-30(27-14-10-8-11-15-27)35-33(37(31)23-7-5-2)29-16-12-9-13-17-29/h8-21,25H,4-7,22-24H2,1-3H3,(H2,34,38)/t25-/m1/s1. The number of imidazole rings is 1. The maximum Gasteiger partial charge on any atom is 0.248 e. The lowest BCUT2D eigenvalue weighted by Crippen LogP contribution is -2.30. The highest BCUT2D eigenvalue weighted by atomic mass is 16.1. The molecule has 5 nitrogen and oxygen atoms in total. The van der Waals surface area contributed by atoms with Crippen molar-refractivity contribution >= 4 is 5.91 Å². The quantitative estimate of drug-likeness (QED) is 0.204. The van der Waals surface area contributed by atoms with Crippen LogP contribution in [0.4, 0.5) is 0 Å². The van der Waals surface area contributed by atoms with Gasteiger partial charge >= 0.3 is 0 Å². The van der Waals surface area contributed by atoms with Crippen LogP contribution in [0.25, 0.3) is 22.6 Å². The van der Waals surface area contributed by atoms with Crippen molar-refractivity contribution in [2.24, 2.45) is 5.73 Å². The number of carbonyl (C=O) groups excluding carboxylic acids is 1. The van der Waals surface area contributed by atoms with Crippen molar-refractivity contribution in [1.29, 1.82) is 0 Å². The van der Waals surface area contributed by atoms with E-state index in [1.165, 1.54) is 11.3 Å². The molecule has 0 radical (unpaired) electrons. The van der Waals surface area contributed by atoms with E-state index in [4.69, 9.17) is 10.7 Å². The summed E-state index contributed by atoms with van der Waals surface area (Å²) < 4.78 is 2.46. The number of primary amides is 1. The fraction of sp³-hybridized carbons (Fsp3) is 0.333. The Kier molecular flexibility index (Phi) is 9.50. The number of hydrogen-bond acceptors (Lipinski definition) is 3. The minimum atomic E-state index is -0.395. The lowest BCUT2D eigenvalue weighted by Gasteiger charge is -2.31. The van der Waals surface area contributed by atoms with Gasteiger partial charge in [-0.3, -0.25) is 9.69 Å². The number of amides is 1. The smallest absolute Gasteiger partial charge is 0.248 e. The zero-order valence-corrected chi connectivity index (χ0v) is 22.9. The molecule has 3 aromatic carbocycles. The molecular formula is C33H40N4O. The molecule has 1 heterocycles. The average molecular weight is 509 g/mol. The van der Waals surface area contributed by atoms with Crippen molar-refractivity contribution in [2.45, 2.75) is 65.6 Å². The van der Waals surface area contributed by atoms with Gasteiger partial charge in [0.2, 0.25) is 5.91 Å². The molecule has 1 amide bonds. The Morgan fingerprint density at radius 1 is 0.868 bits per heavy atom. The van der Waals surface area contributed by atoms with Gasteiger partial charge in [-0.25, -0.2) is 4.98 Å². The molecule has 4 rings (SSSR count). The fourth-order valence-corrected chi connectivity index (χ4v) is 5.00. The van der Waals surface area contributed by atoms with Crippen molar-refractivity contribution < 1.29 is 4.79 Å². The Balaban J connectivity index is 1.82. The molecule has 0 bridgehead atoms. The topological polar surface area (TPSA) is 64.2 Å². The van der Waals surface area contributed by atoms with E-state index in [0.29, 0.717) is 5.56 Å². The van der Waals surface area contributed by atoms with Gasteiger partial charge in [-0.1, -0.05) is 99.5 Å². The molecule has 0 aliphatic carbocycles. The number of nitrogens with zero attached hydrogens (tertiary/aromatic N) is 3. The second kappa shape index (κ2) is 13.2. The Bertz CT molecular complexity index is 1300. The Hall–Kier alpha value is -3.70. The predicted octanol–water partition coefficient (Wildman–Crippen LogP) is 7.48. The molecule has 0 spiro atoms. The predicted molar refractivity (Wildman–Crippen MR) is 157 cm³/mol. The zero-order valence-electron chi connectivity index (χ0n) is 22.9. The van der Waals surface area contributed by atoms with Crippen LogP contribution in [0.1, 0.15) is 74.1 Å². The van der Waals surface area contributed by atoms with E-state index >= 15 is 0 Å². The van der Waals surface area contributed by atoms with Crippen LogP contribution < -0.4 is 5.73 Å². The van der Waals surface area contributed by atoms with E-state index in [-0.39, 0.29) is 6.04 Å². The second-order valence-electron chi connectivity index (χ2n) is 9.97. The van der Waals surface area contributed by atoms with E-state index in [0.717, 1.165) is 68.0 Å². The number of nitrogens with two attached hydrogens (primary N) is 1. The highest BCUT2D eigenvalue weighted by Gasteiger charge is 2.27. The normalized spacial score (nSPS) is 12.1. The number of rotatable bonds is 13. The first kappa shape index (κ1) is 27.3. The maximum atomic E-state index is 11.6. The molecule has 1 atom stereocenters. The number of benzene rings is 3. The summed E-state index contributed by atoms with van der Waals surface area (Å²) in [5.41, 5.74) is 11.8. The third kappa shape index (κ3) is 6.40. The summed E-state index contributed by atoms with van der Waals surface area (Å²) in [7, 11) is 0. The van der Waals surface area contributed by atoms with Crippen molar-refractivity contribution in [2.75, 3.05) is 6.54 Å². The highest BCUT2D eigenvalue weighted by Crippen LogP contribution is 2.36. The SMILES string of the molecule is CCCCN(Cc1ccc(C(N)=O)cc1)[C@H](C)c1c(-c2ccccc2)nc(-c2ccccc2)n1CCCC. The van der Waals surface area contributed by atoms with Crippen molar-refractivity contribution in [3.8, 4) is 22.6 Å². The summed E-state index contributed by atoms with van der Waals surface area (Å²) in [6.45, 7) is 9.48. The zero-order chi connectivity index (χ0) is 26.9. The van der Waals surface area contributed by atoms with Gasteiger partial charge < -0.3 is 10.3 Å². The summed E-state index contributed by atoms with van der Waals surface area (Å²) in [5, 5.41) is 0. The van der Waals surface area contributed by atoms with Crippen LogP contribution in [0.5, 0.6) is 0 Å². The molecule has 38 heavy (non-hydrogen) atoms. The number of aromatic nitrogens is 2. The Morgan fingerprint density at radius 2 is 1.47 bits per heavy atom. The van der Waals surface area contributed by atoms with Crippen LogP contribution >= 0.6 is 0 Å². The van der Waals surface area contributed by atoms with E-state index < -0.39 is 5.91 Å². The summed E-state index contributed by atoms with van der Waals surface area (Å²) in [4.78, 5) is 19.4. The maximum absolute atomic E-state index is 11.6. The minimum absolute atomic E-state index is 0.134. The molecular weight excluding hydrogens is 468 g/mol. The van der Waals surface area contributed by atoms with E-state index in [1.54, 1.807) is 0 Å². The summed E-state index contributed by atoms with van der Waals surface area (Å²) in [6.07, 6.45) is 4.44. The van der Waals surface area contributed by atoms with Crippen LogP contribution in [0, 0.1) is 0 Å². The monoisotopic (exact) mass is 508 g/mol. The largest absolute Gasteiger partial charge is 0.366 e. The van der Waals surface area contributed by atoms with Gasteiger partial charge in [0.25, 0.3) is 0 Å². The van der Waals surface area contributed by atoms with Gasteiger partial charge in [-0.2, -0.15) is 0 Å². The van der Waals surface area contributed by atoms with Crippen LogP contribution in [-0.4, -0.2) is 26.9 Å². The molecule has 198 valence electrons. The Morgan fingerprint density at radius 3 is 2.05 bits per heavy atom. The van der Waals surface area contributed by atoms with Gasteiger partial charge in [-0.15, -0.1) is 0 Å². The van der Waals surface area contributed by atoms with Crippen molar-refractivity contribution in [1.82, 2.24) is 14.5 Å². The minimum Gasteiger partial charge on any atom is -0.366 e. The molecule has 1 aromatic heterocycles. The molecule has 4 aromatic rings. The molecule has 0 fully saturated rings. The van der Waals surface area contributed by atoms with E-state index in [1.807, 2.05) is 24.3 Å². The van der Waals surface area contributed by atoms with E-state index in [9.17, 15) is 4.79 Å². The van der Waals surface area contributed by atoms with Crippen LogP contribution in [0.15, 0.2) is 84.9 Å². The molecule has 0 saturated carbocycles. The second-order valence-corrected chi connectivity index (χ2v) is 9.97. The highest BCUT2D eigenvalue weighted by molar-refractivity contribution is 5.92. The van der Waals surface area contributed by atoms with Crippen LogP contribution in [0.3, 0.4) is 0 Å². The van der Waals surface area contributed by atoms with Gasteiger partial charge in [-0.05, 0) is 44.0 Å². The molecule has 2 N–H and O–H groups in total. The molecule has 5 heteroatoms. The molecule has 0 unspecified atom stereocenters. The molecule has 0 saturated heterocycles. The van der Waals surface area contributed by atoms with Gasteiger partial charge in [0.15, 0.2) is 0 Å². The first-order valence-corrected chi connectivity index (χ1v) is 13.9. The van der Waals surface area contributed by atoms with Crippen molar-refractivity contribution in [3.63, 3.8) is 0 Å². The summed E-state index contributed by atoms with van der Waals surface area (Å²) in [6, 6.07) is 28.9. The average Bonchev–Trinajstić information content (AvgIpc) is 3.34. The lowest BCUT2D eigenvalue weighted by atomic mass is 10.0. The third-order valence-electron chi connectivity index (χ3n) is 7.19. The Labute approximate surface area is 227 Å². The van der Waals surface area contributed by atoms with E-state index in [2.05, 4.69) is 90.9 Å². The third-order valence-corrected chi connectivity index (χ3v) is 7.19. The first-order chi connectivity index (χ1) is 18.5. The number of unbranched alkanes of at least 4 members (excludes halogenated alkanes) is 2. The molecule has 0 aliphatic heterocycles.